The van der Waals surface area contributed by atoms with Gasteiger partial charge >= 0.3 is 0 Å². The molecule has 21 heavy (non-hydrogen) atoms. The molecule has 1 rings (SSSR count). The number of anilines is 1. The molecular formula is C15H25BrN2O2S. The molecule has 0 aliphatic rings. The van der Waals surface area contributed by atoms with E-state index in [1.54, 1.807) is 19.1 Å². The van der Waals surface area contributed by atoms with E-state index < -0.39 is 10.0 Å². The van der Waals surface area contributed by atoms with Gasteiger partial charge in [0.1, 0.15) is 0 Å². The molecule has 0 saturated heterocycles. The summed E-state index contributed by atoms with van der Waals surface area (Å²) in [6.45, 7) is 4.38. The van der Waals surface area contributed by atoms with E-state index in [1.807, 2.05) is 0 Å². The van der Waals surface area contributed by atoms with Gasteiger partial charge in [-0.05, 0) is 31.0 Å². The number of unbranched alkanes of at least 4 members (excludes halogenated alkanes) is 5. The number of nitrogens with one attached hydrogen (secondary N) is 1. The molecule has 0 bridgehead atoms. The maximum absolute atomic E-state index is 12.3. The Morgan fingerprint density at radius 1 is 1.14 bits per heavy atom. The normalized spacial score (nSPS) is 11.8. The zero-order valence-corrected chi connectivity index (χ0v) is 15.2. The van der Waals surface area contributed by atoms with Gasteiger partial charge in [0.25, 0.3) is 0 Å². The first kappa shape index (κ1) is 18.5. The smallest absolute Gasteiger partial charge is 0.240 e. The highest BCUT2D eigenvalue weighted by Crippen LogP contribution is 2.26. The van der Waals surface area contributed by atoms with Crippen molar-refractivity contribution in [3.8, 4) is 0 Å². The third-order valence-corrected chi connectivity index (χ3v) is 5.52. The standard InChI is InChI=1S/C15H25BrN2O2S/c1-3-4-5-6-7-8-9-18-21(19,20)15-11-13(16)10-14(17)12(15)2/h10-11,18H,3-9,17H2,1-2H3. The maximum atomic E-state index is 12.3. The number of rotatable bonds is 9. The Hall–Kier alpha value is -0.590. The molecule has 0 aliphatic heterocycles. The van der Waals surface area contributed by atoms with Gasteiger partial charge < -0.3 is 5.73 Å². The molecule has 0 aromatic heterocycles. The molecule has 0 saturated carbocycles. The van der Waals surface area contributed by atoms with Gasteiger partial charge in [-0.15, -0.1) is 0 Å². The average molecular weight is 377 g/mol. The summed E-state index contributed by atoms with van der Waals surface area (Å²) in [6.07, 6.45) is 6.79. The molecule has 0 spiro atoms. The molecule has 120 valence electrons. The molecule has 0 heterocycles. The fourth-order valence-corrected chi connectivity index (χ4v) is 4.14. The monoisotopic (exact) mass is 376 g/mol. The van der Waals surface area contributed by atoms with Crippen molar-refractivity contribution in [1.82, 2.24) is 4.72 Å². The van der Waals surface area contributed by atoms with Crippen LogP contribution < -0.4 is 10.5 Å². The molecule has 0 amide bonds. The predicted molar refractivity (Wildman–Crippen MR) is 91.9 cm³/mol. The van der Waals surface area contributed by atoms with Crippen molar-refractivity contribution >= 4 is 31.6 Å². The van der Waals surface area contributed by atoms with E-state index in [0.717, 1.165) is 12.8 Å². The number of hydrogen-bond donors (Lipinski definition) is 2. The van der Waals surface area contributed by atoms with Gasteiger partial charge in [-0.2, -0.15) is 0 Å². The van der Waals surface area contributed by atoms with Gasteiger partial charge in [-0.25, -0.2) is 13.1 Å². The van der Waals surface area contributed by atoms with Crippen molar-refractivity contribution in [1.29, 1.82) is 0 Å². The Labute approximate surface area is 136 Å². The maximum Gasteiger partial charge on any atom is 0.240 e. The van der Waals surface area contributed by atoms with Crippen molar-refractivity contribution in [2.24, 2.45) is 0 Å². The van der Waals surface area contributed by atoms with E-state index >= 15 is 0 Å². The second-order valence-electron chi connectivity index (χ2n) is 5.28. The summed E-state index contributed by atoms with van der Waals surface area (Å²) in [7, 11) is -3.49. The van der Waals surface area contributed by atoms with Crippen molar-refractivity contribution in [2.45, 2.75) is 57.3 Å². The van der Waals surface area contributed by atoms with E-state index in [-0.39, 0.29) is 4.90 Å². The van der Waals surface area contributed by atoms with Gasteiger partial charge in [-0.1, -0.05) is 55.0 Å². The zero-order valence-electron chi connectivity index (χ0n) is 12.8. The summed E-state index contributed by atoms with van der Waals surface area (Å²) >= 11 is 3.28. The number of benzene rings is 1. The second-order valence-corrected chi connectivity index (χ2v) is 7.93. The van der Waals surface area contributed by atoms with Gasteiger partial charge in [0.15, 0.2) is 0 Å². The lowest BCUT2D eigenvalue weighted by Crippen LogP contribution is -2.25. The number of halogens is 1. The SMILES string of the molecule is CCCCCCCCNS(=O)(=O)c1cc(Br)cc(N)c1C. The highest BCUT2D eigenvalue weighted by Gasteiger charge is 2.18. The van der Waals surface area contributed by atoms with Crippen LogP contribution in [0.25, 0.3) is 0 Å². The summed E-state index contributed by atoms with van der Waals surface area (Å²) in [5.74, 6) is 0. The molecule has 3 N–H and O–H groups in total. The van der Waals surface area contributed by atoms with Crippen LogP contribution >= 0.6 is 15.9 Å². The summed E-state index contributed by atoms with van der Waals surface area (Å²) in [4.78, 5) is 0.250. The number of nitrogen functional groups attached to an aromatic ring is 1. The molecule has 0 unspecified atom stereocenters. The topological polar surface area (TPSA) is 72.2 Å². The summed E-state index contributed by atoms with van der Waals surface area (Å²) in [5.41, 5.74) is 6.89. The predicted octanol–water partition coefficient (Wildman–Crippen LogP) is 3.98. The van der Waals surface area contributed by atoms with Crippen LogP contribution in [0.15, 0.2) is 21.5 Å². The Kier molecular flexibility index (Phi) is 7.70. The number of nitrogens with two attached hydrogens (primary N) is 1. The first-order valence-corrected chi connectivity index (χ1v) is 9.71. The summed E-state index contributed by atoms with van der Waals surface area (Å²) < 4.78 is 27.9. The van der Waals surface area contributed by atoms with E-state index in [2.05, 4.69) is 27.6 Å². The lowest BCUT2D eigenvalue weighted by Gasteiger charge is -2.11. The largest absolute Gasteiger partial charge is 0.398 e. The van der Waals surface area contributed by atoms with Crippen LogP contribution in [-0.4, -0.2) is 15.0 Å². The van der Waals surface area contributed by atoms with Crippen molar-refractivity contribution < 1.29 is 8.42 Å². The number of sulfonamides is 1. The van der Waals surface area contributed by atoms with Crippen molar-refractivity contribution in [3.05, 3.63) is 22.2 Å². The lowest BCUT2D eigenvalue weighted by molar-refractivity contribution is 0.567. The van der Waals surface area contributed by atoms with Crippen molar-refractivity contribution in [3.63, 3.8) is 0 Å². The number of hydrogen-bond acceptors (Lipinski definition) is 3. The van der Waals surface area contributed by atoms with Crippen LogP contribution in [0, 0.1) is 6.92 Å². The average Bonchev–Trinajstić information content (AvgIpc) is 2.41. The van der Waals surface area contributed by atoms with Crippen LogP contribution in [0.5, 0.6) is 0 Å². The van der Waals surface area contributed by atoms with Gasteiger partial charge in [0, 0.05) is 16.7 Å². The molecule has 0 fully saturated rings. The highest BCUT2D eigenvalue weighted by molar-refractivity contribution is 9.10. The molecule has 0 radical (unpaired) electrons. The highest BCUT2D eigenvalue weighted by atomic mass is 79.9. The van der Waals surface area contributed by atoms with E-state index in [1.165, 1.54) is 25.7 Å². The quantitative estimate of drug-likeness (QED) is 0.505. The Bertz CT molecular complexity index is 559. The second kappa shape index (κ2) is 8.76. The van der Waals surface area contributed by atoms with Crippen LogP contribution in [0.2, 0.25) is 0 Å². The first-order valence-electron chi connectivity index (χ1n) is 7.43. The van der Waals surface area contributed by atoms with Crippen LogP contribution in [-0.2, 0) is 10.0 Å². The summed E-state index contributed by atoms with van der Waals surface area (Å²) in [6, 6.07) is 3.30. The third kappa shape index (κ3) is 5.96. The van der Waals surface area contributed by atoms with Crippen LogP contribution in [0.3, 0.4) is 0 Å². The van der Waals surface area contributed by atoms with E-state index in [9.17, 15) is 8.42 Å². The van der Waals surface area contributed by atoms with Crippen LogP contribution in [0.4, 0.5) is 5.69 Å². The fourth-order valence-electron chi connectivity index (χ4n) is 2.14. The molecule has 4 nitrogen and oxygen atoms in total. The Balaban J connectivity index is 2.55. The first-order chi connectivity index (χ1) is 9.88. The molecule has 6 heteroatoms. The Morgan fingerprint density at radius 2 is 1.76 bits per heavy atom. The molecule has 0 aliphatic carbocycles. The van der Waals surface area contributed by atoms with Crippen molar-refractivity contribution in [2.75, 3.05) is 12.3 Å². The van der Waals surface area contributed by atoms with Gasteiger partial charge in [0.05, 0.1) is 4.90 Å². The third-order valence-electron chi connectivity index (χ3n) is 3.48. The minimum atomic E-state index is -3.49. The fraction of sp³-hybridized carbons (Fsp3) is 0.600. The molecule has 1 aromatic rings. The molecular weight excluding hydrogens is 352 g/mol. The van der Waals surface area contributed by atoms with E-state index in [4.69, 9.17) is 5.73 Å². The van der Waals surface area contributed by atoms with Crippen LogP contribution in [0.1, 0.15) is 51.0 Å². The molecule has 0 atom stereocenters. The Morgan fingerprint density at radius 3 is 2.43 bits per heavy atom. The zero-order chi connectivity index (χ0) is 15.9. The minimum Gasteiger partial charge on any atom is -0.398 e. The van der Waals surface area contributed by atoms with Gasteiger partial charge in [-0.3, -0.25) is 0 Å². The van der Waals surface area contributed by atoms with Gasteiger partial charge in [0.2, 0.25) is 10.0 Å². The molecule has 1 aromatic carbocycles. The van der Waals surface area contributed by atoms with E-state index in [0.29, 0.717) is 22.3 Å². The lowest BCUT2D eigenvalue weighted by atomic mass is 10.1. The summed E-state index contributed by atoms with van der Waals surface area (Å²) in [5, 5.41) is 0. The minimum absolute atomic E-state index is 0.250.